The minimum absolute atomic E-state index is 0.000600. The molecule has 1 aliphatic carbocycles. The number of esters is 1. The zero-order valence-corrected chi connectivity index (χ0v) is 13.8. The minimum atomic E-state index is -3.46. The minimum Gasteiger partial charge on any atom is -0.465 e. The molecule has 1 N–H and O–H groups in total. The molecule has 126 valence electrons. The monoisotopic (exact) mass is 341 g/mol. The smallest absolute Gasteiger partial charge is 0.339 e. The Morgan fingerprint density at radius 3 is 2.57 bits per heavy atom. The molecule has 0 saturated heterocycles. The van der Waals surface area contributed by atoms with Crippen LogP contribution in [0.2, 0.25) is 0 Å². The van der Waals surface area contributed by atoms with Crippen molar-refractivity contribution < 1.29 is 27.5 Å². The van der Waals surface area contributed by atoms with Gasteiger partial charge < -0.3 is 14.8 Å². The Morgan fingerprint density at radius 1 is 1.30 bits per heavy atom. The van der Waals surface area contributed by atoms with E-state index in [1.54, 1.807) is 0 Å². The molecule has 0 radical (unpaired) electrons. The molecule has 1 amide bonds. The van der Waals surface area contributed by atoms with Crippen molar-refractivity contribution in [1.29, 1.82) is 0 Å². The van der Waals surface area contributed by atoms with Crippen molar-refractivity contribution in [3.8, 4) is 0 Å². The van der Waals surface area contributed by atoms with E-state index in [9.17, 15) is 18.0 Å². The van der Waals surface area contributed by atoms with Crippen LogP contribution in [0.5, 0.6) is 0 Å². The Kier molecular flexibility index (Phi) is 5.38. The molecule has 0 unspecified atom stereocenters. The summed E-state index contributed by atoms with van der Waals surface area (Å²) >= 11 is 0. The van der Waals surface area contributed by atoms with E-state index in [0.717, 1.165) is 19.1 Å². The highest BCUT2D eigenvalue weighted by atomic mass is 32.2. The van der Waals surface area contributed by atoms with E-state index in [-0.39, 0.29) is 22.8 Å². The number of hydrogen-bond donors (Lipinski definition) is 1. The lowest BCUT2D eigenvalue weighted by atomic mass is 10.2. The van der Waals surface area contributed by atoms with Crippen LogP contribution in [0.4, 0.5) is 5.69 Å². The summed E-state index contributed by atoms with van der Waals surface area (Å²) in [5.41, 5.74) is 0.162. The Balaban J connectivity index is 2.14. The maximum absolute atomic E-state index is 11.9. The lowest BCUT2D eigenvalue weighted by Crippen LogP contribution is -2.21. The summed E-state index contributed by atoms with van der Waals surface area (Å²) in [6.45, 7) is 0.376. The number of hydrogen-bond acceptors (Lipinski definition) is 6. The van der Waals surface area contributed by atoms with Crippen LogP contribution >= 0.6 is 0 Å². The molecule has 0 aliphatic heterocycles. The number of carbonyl (C=O) groups is 2. The lowest BCUT2D eigenvalue weighted by molar-refractivity contribution is -0.120. The first-order valence-corrected chi connectivity index (χ1v) is 9.00. The second-order valence-electron chi connectivity index (χ2n) is 5.48. The van der Waals surface area contributed by atoms with E-state index < -0.39 is 21.7 Å². The van der Waals surface area contributed by atoms with Crippen LogP contribution in [-0.2, 0) is 24.1 Å². The Labute approximate surface area is 134 Å². The van der Waals surface area contributed by atoms with Crippen molar-refractivity contribution in [3.63, 3.8) is 0 Å². The summed E-state index contributed by atoms with van der Waals surface area (Å²) in [5.74, 6) is -0.595. The average Bonchev–Trinajstić information content (AvgIpc) is 3.29. The summed E-state index contributed by atoms with van der Waals surface area (Å²) in [5, 5.41) is 2.50. The fourth-order valence-electron chi connectivity index (χ4n) is 1.93. The van der Waals surface area contributed by atoms with Crippen LogP contribution in [-0.4, -0.2) is 46.9 Å². The third kappa shape index (κ3) is 5.04. The average molecular weight is 341 g/mol. The summed E-state index contributed by atoms with van der Waals surface area (Å²) in [7, 11) is -2.26. The van der Waals surface area contributed by atoms with Crippen LogP contribution in [0.15, 0.2) is 23.1 Å². The van der Waals surface area contributed by atoms with Crippen molar-refractivity contribution in [3.05, 3.63) is 23.8 Å². The molecule has 0 atom stereocenters. The number of rotatable bonds is 7. The van der Waals surface area contributed by atoms with Gasteiger partial charge in [0.25, 0.3) is 0 Å². The highest BCUT2D eigenvalue weighted by Crippen LogP contribution is 2.28. The molecule has 1 fully saturated rings. The van der Waals surface area contributed by atoms with E-state index in [0.29, 0.717) is 12.5 Å². The van der Waals surface area contributed by atoms with Gasteiger partial charge >= 0.3 is 5.97 Å². The normalized spacial score (nSPS) is 14.3. The SMILES string of the molecule is COC(=O)c1ccc(S(C)(=O)=O)cc1NC(=O)COCC1CC1. The molecular weight excluding hydrogens is 322 g/mol. The molecule has 1 saturated carbocycles. The topological polar surface area (TPSA) is 98.8 Å². The van der Waals surface area contributed by atoms with Gasteiger partial charge in [0.2, 0.25) is 5.91 Å². The fraction of sp³-hybridized carbons (Fsp3) is 0.467. The first kappa shape index (κ1) is 17.4. The largest absolute Gasteiger partial charge is 0.465 e. The van der Waals surface area contributed by atoms with Gasteiger partial charge in [0.1, 0.15) is 6.61 Å². The number of amides is 1. The number of ether oxygens (including phenoxy) is 2. The van der Waals surface area contributed by atoms with E-state index in [4.69, 9.17) is 4.74 Å². The Hall–Kier alpha value is -1.93. The van der Waals surface area contributed by atoms with E-state index in [1.807, 2.05) is 0 Å². The van der Waals surface area contributed by atoms with Crippen LogP contribution in [0, 0.1) is 5.92 Å². The van der Waals surface area contributed by atoms with Crippen molar-refractivity contribution in [2.24, 2.45) is 5.92 Å². The zero-order valence-electron chi connectivity index (χ0n) is 13.0. The summed E-state index contributed by atoms with van der Waals surface area (Å²) in [4.78, 5) is 23.6. The quantitative estimate of drug-likeness (QED) is 0.749. The van der Waals surface area contributed by atoms with Gasteiger partial charge in [0, 0.05) is 6.26 Å². The van der Waals surface area contributed by atoms with Gasteiger partial charge in [-0.05, 0) is 37.0 Å². The van der Waals surface area contributed by atoms with Crippen molar-refractivity contribution in [2.75, 3.05) is 31.9 Å². The van der Waals surface area contributed by atoms with Gasteiger partial charge in [-0.3, -0.25) is 4.79 Å². The maximum atomic E-state index is 11.9. The Bertz CT molecular complexity index is 709. The van der Waals surface area contributed by atoms with Gasteiger partial charge in [0.05, 0.1) is 29.9 Å². The van der Waals surface area contributed by atoms with Crippen molar-refractivity contribution in [2.45, 2.75) is 17.7 Å². The van der Waals surface area contributed by atoms with E-state index in [2.05, 4.69) is 10.1 Å². The predicted molar refractivity (Wildman–Crippen MR) is 83.1 cm³/mol. The van der Waals surface area contributed by atoms with Crippen molar-refractivity contribution >= 4 is 27.4 Å². The standard InChI is InChI=1S/C15H19NO6S/c1-21-15(18)12-6-5-11(23(2,19)20)7-13(12)16-14(17)9-22-8-10-3-4-10/h5-7,10H,3-4,8-9H2,1-2H3,(H,16,17). The second-order valence-corrected chi connectivity index (χ2v) is 7.49. The molecule has 7 nitrogen and oxygen atoms in total. The lowest BCUT2D eigenvalue weighted by Gasteiger charge is -2.11. The number of benzene rings is 1. The molecule has 0 bridgehead atoms. The fourth-order valence-corrected chi connectivity index (χ4v) is 2.58. The first-order chi connectivity index (χ1) is 10.8. The van der Waals surface area contributed by atoms with Gasteiger partial charge in [-0.1, -0.05) is 0 Å². The third-order valence-electron chi connectivity index (χ3n) is 3.38. The summed E-state index contributed by atoms with van der Waals surface area (Å²) in [6.07, 6.45) is 3.28. The van der Waals surface area contributed by atoms with Crippen LogP contribution in [0.3, 0.4) is 0 Å². The highest BCUT2D eigenvalue weighted by molar-refractivity contribution is 7.90. The predicted octanol–water partition coefficient (Wildman–Crippen LogP) is 1.24. The highest BCUT2D eigenvalue weighted by Gasteiger charge is 2.22. The number of methoxy groups -OCH3 is 1. The first-order valence-electron chi connectivity index (χ1n) is 7.11. The van der Waals surface area contributed by atoms with Gasteiger partial charge in [0.15, 0.2) is 9.84 Å². The number of carbonyl (C=O) groups excluding carboxylic acids is 2. The molecule has 0 spiro atoms. The zero-order chi connectivity index (χ0) is 17.0. The van der Waals surface area contributed by atoms with E-state index in [1.165, 1.54) is 25.3 Å². The number of anilines is 1. The summed E-state index contributed by atoms with van der Waals surface area (Å²) in [6, 6.07) is 3.84. The Morgan fingerprint density at radius 2 is 2.00 bits per heavy atom. The van der Waals surface area contributed by atoms with Crippen molar-refractivity contribution in [1.82, 2.24) is 0 Å². The molecule has 1 aromatic carbocycles. The number of sulfone groups is 1. The molecule has 1 aromatic rings. The molecular formula is C15H19NO6S. The molecule has 23 heavy (non-hydrogen) atoms. The van der Waals surface area contributed by atoms with Gasteiger partial charge in [-0.25, -0.2) is 13.2 Å². The van der Waals surface area contributed by atoms with Gasteiger partial charge in [-0.15, -0.1) is 0 Å². The maximum Gasteiger partial charge on any atom is 0.339 e. The molecule has 2 rings (SSSR count). The molecule has 1 aliphatic rings. The molecule has 8 heteroatoms. The van der Waals surface area contributed by atoms with Crippen LogP contribution in [0.25, 0.3) is 0 Å². The summed E-state index contributed by atoms with van der Waals surface area (Å²) < 4.78 is 33.1. The van der Waals surface area contributed by atoms with Crippen LogP contribution in [0.1, 0.15) is 23.2 Å². The second kappa shape index (κ2) is 7.10. The van der Waals surface area contributed by atoms with E-state index >= 15 is 0 Å². The molecule has 0 aromatic heterocycles. The molecule has 0 heterocycles. The van der Waals surface area contributed by atoms with Gasteiger partial charge in [-0.2, -0.15) is 0 Å². The van der Waals surface area contributed by atoms with Crippen LogP contribution < -0.4 is 5.32 Å². The third-order valence-corrected chi connectivity index (χ3v) is 4.49. The number of nitrogens with one attached hydrogen (secondary N) is 1.